The van der Waals surface area contributed by atoms with Gasteiger partial charge in [-0.1, -0.05) is 42.5 Å². The van der Waals surface area contributed by atoms with Crippen molar-refractivity contribution in [3.05, 3.63) is 144 Å². The van der Waals surface area contributed by atoms with Crippen LogP contribution in [0.25, 0.3) is 44.3 Å². The van der Waals surface area contributed by atoms with Gasteiger partial charge in [-0.15, -0.1) is 0 Å². The van der Waals surface area contributed by atoms with Gasteiger partial charge in [-0.25, -0.2) is 5.01 Å². The van der Waals surface area contributed by atoms with E-state index in [1.54, 1.807) is 12.1 Å². The smallest absolute Gasteiger partial charge is 0.265 e. The second kappa shape index (κ2) is 19.0. The van der Waals surface area contributed by atoms with Crippen molar-refractivity contribution in [3.63, 3.8) is 0 Å². The Bertz CT molecular complexity index is 2590. The van der Waals surface area contributed by atoms with Crippen molar-refractivity contribution in [1.29, 1.82) is 0 Å². The number of fused-ring (bicyclic) bond motifs is 2. The Morgan fingerprint density at radius 2 is 1.21 bits per heavy atom. The predicted molar refractivity (Wildman–Crippen MR) is 242 cm³/mol. The number of piperazine rings is 1. The molecule has 4 heterocycles. The van der Waals surface area contributed by atoms with Gasteiger partial charge in [0.2, 0.25) is 11.8 Å². The van der Waals surface area contributed by atoms with Crippen molar-refractivity contribution >= 4 is 45.2 Å². The number of benzene rings is 5. The quantitative estimate of drug-likeness (QED) is 0.0920. The first-order valence-electron chi connectivity index (χ1n) is 20.7. The number of hydrogen-bond acceptors (Lipinski definition) is 8. The minimum atomic E-state index is -0.437. The summed E-state index contributed by atoms with van der Waals surface area (Å²) in [5, 5.41) is 7.09. The third-order valence-corrected chi connectivity index (χ3v) is 11.3. The average molecular weight is 818 g/mol. The van der Waals surface area contributed by atoms with Crippen LogP contribution in [0.15, 0.2) is 127 Å². The summed E-state index contributed by atoms with van der Waals surface area (Å²) in [6.45, 7) is 8.92. The van der Waals surface area contributed by atoms with Crippen LogP contribution in [0.1, 0.15) is 37.5 Å². The van der Waals surface area contributed by atoms with Crippen molar-refractivity contribution < 1.29 is 19.1 Å². The number of carbonyl (C=O) groups is 3. The van der Waals surface area contributed by atoms with Crippen LogP contribution in [0.3, 0.4) is 0 Å². The third kappa shape index (κ3) is 9.93. The molecule has 7 aromatic rings. The lowest BCUT2D eigenvalue weighted by molar-refractivity contribution is 0.0590. The van der Waals surface area contributed by atoms with Crippen molar-refractivity contribution in [3.8, 4) is 28.3 Å². The maximum Gasteiger partial charge on any atom is 0.265 e. The van der Waals surface area contributed by atoms with Gasteiger partial charge in [-0.3, -0.25) is 24.7 Å². The molecule has 2 aliphatic rings. The van der Waals surface area contributed by atoms with Gasteiger partial charge in [-0.2, -0.15) is 0 Å². The van der Waals surface area contributed by atoms with Gasteiger partial charge in [-0.05, 0) is 109 Å². The largest absolute Gasteiger partial charge is 0.492 e. The summed E-state index contributed by atoms with van der Waals surface area (Å²) in [5.41, 5.74) is 22.8. The number of primary amides is 2. The normalized spacial score (nSPS) is 14.9. The molecule has 8 N–H and O–H groups in total. The molecule has 0 bridgehead atoms. The molecule has 13 heteroatoms. The van der Waals surface area contributed by atoms with E-state index in [9.17, 15) is 14.4 Å². The van der Waals surface area contributed by atoms with Gasteiger partial charge >= 0.3 is 0 Å². The summed E-state index contributed by atoms with van der Waals surface area (Å²) in [5.74, 6) is -0.104. The Kier molecular flexibility index (Phi) is 12.7. The number of anilines is 1. The molecule has 2 saturated heterocycles. The minimum absolute atomic E-state index is 0.0726. The predicted octanol–water partition coefficient (Wildman–Crippen LogP) is 6.01. The van der Waals surface area contributed by atoms with Crippen LogP contribution in [-0.4, -0.2) is 103 Å². The first kappa shape index (κ1) is 40.8. The Balaban J connectivity index is 0.000000180. The fraction of sp³-hybridized carbons (Fsp3) is 0.229. The van der Waals surface area contributed by atoms with Crippen LogP contribution in [-0.2, 0) is 0 Å². The van der Waals surface area contributed by atoms with E-state index in [1.807, 2.05) is 96.0 Å². The first-order chi connectivity index (χ1) is 29.8. The molecule has 61 heavy (non-hydrogen) atoms. The van der Waals surface area contributed by atoms with Crippen molar-refractivity contribution in [2.24, 2.45) is 11.5 Å². The molecule has 0 saturated carbocycles. The highest BCUT2D eigenvalue weighted by molar-refractivity contribution is 6.07. The lowest BCUT2D eigenvalue weighted by atomic mass is 10.1. The van der Waals surface area contributed by atoms with E-state index in [-0.39, 0.29) is 5.91 Å². The van der Waals surface area contributed by atoms with Gasteiger partial charge in [0.25, 0.3) is 5.91 Å². The van der Waals surface area contributed by atoms with Crippen LogP contribution >= 0.6 is 0 Å². The fourth-order valence-electron chi connectivity index (χ4n) is 7.91. The molecular weight excluding hydrogens is 767 g/mol. The highest BCUT2D eigenvalue weighted by Gasteiger charge is 2.19. The van der Waals surface area contributed by atoms with Crippen LogP contribution in [0.4, 0.5) is 5.69 Å². The molecule has 2 aliphatic heterocycles. The first-order valence-corrected chi connectivity index (χ1v) is 20.7. The molecular formula is C48H51N9O4. The second-order valence-electron chi connectivity index (χ2n) is 15.3. The van der Waals surface area contributed by atoms with E-state index in [2.05, 4.69) is 54.8 Å². The Hall–Kier alpha value is -6.93. The molecule has 3 amide bonds. The molecule has 2 aromatic heterocycles. The number of amides is 3. The molecule has 9 rings (SSSR count). The van der Waals surface area contributed by atoms with Gasteiger partial charge in [0.05, 0.1) is 0 Å². The van der Waals surface area contributed by atoms with E-state index < -0.39 is 11.8 Å². The molecule has 312 valence electrons. The zero-order valence-electron chi connectivity index (χ0n) is 34.0. The number of hydrazine groups is 1. The number of hydrogen-bond donors (Lipinski definition) is 6. The van der Waals surface area contributed by atoms with Gasteiger partial charge in [0, 0.05) is 108 Å². The van der Waals surface area contributed by atoms with Crippen molar-refractivity contribution in [2.45, 2.75) is 6.42 Å². The molecule has 2 fully saturated rings. The number of nitrogens with one attached hydrogen (secondary N) is 4. The summed E-state index contributed by atoms with van der Waals surface area (Å²) >= 11 is 0. The standard InChI is InChI=1S/C28H29N5O3.C20H22N4O/c29-27(34)23-7-4-8-25-24(23)19-26(30-25)20-9-11-22(12-10-20)36-18-17-32-13-15-33(16-14-32)31-28(35)21-5-2-1-3-6-21;21-20(25)16-3-1-4-18-17(16)13-19(23-18)14-5-7-15(8-6-14)24-11-2-9-22-10-12-24/h1-12,19,30H,13-18H2,(H2,29,34)(H,31,35);1,3-8,13,22-23H,2,9-12H2,(H2,21,25). The van der Waals surface area contributed by atoms with E-state index in [1.165, 1.54) is 12.1 Å². The summed E-state index contributed by atoms with van der Waals surface area (Å²) < 4.78 is 5.96. The number of rotatable bonds is 11. The van der Waals surface area contributed by atoms with E-state index in [0.29, 0.717) is 23.3 Å². The Labute approximate surface area is 354 Å². The number of nitrogens with zero attached hydrogens (tertiary/aromatic N) is 3. The molecule has 5 aromatic carbocycles. The summed E-state index contributed by atoms with van der Waals surface area (Å²) in [6, 6.07) is 40.8. The topological polar surface area (TPSA) is 178 Å². The monoisotopic (exact) mass is 817 g/mol. The zero-order valence-corrected chi connectivity index (χ0v) is 34.0. The van der Waals surface area contributed by atoms with Crippen LogP contribution in [0.2, 0.25) is 0 Å². The lowest BCUT2D eigenvalue weighted by Gasteiger charge is -2.34. The van der Waals surface area contributed by atoms with Crippen molar-refractivity contribution in [1.82, 2.24) is 30.6 Å². The van der Waals surface area contributed by atoms with Crippen LogP contribution in [0.5, 0.6) is 5.75 Å². The van der Waals surface area contributed by atoms with E-state index in [4.69, 9.17) is 16.2 Å². The Morgan fingerprint density at radius 3 is 1.80 bits per heavy atom. The maximum atomic E-state index is 12.3. The number of carbonyl (C=O) groups excluding carboxylic acids is 3. The maximum absolute atomic E-state index is 12.3. The van der Waals surface area contributed by atoms with E-state index >= 15 is 0 Å². The van der Waals surface area contributed by atoms with Gasteiger partial charge < -0.3 is 36.4 Å². The fourth-order valence-corrected chi connectivity index (χ4v) is 7.91. The lowest BCUT2D eigenvalue weighted by Crippen LogP contribution is -2.54. The van der Waals surface area contributed by atoms with Gasteiger partial charge in [0.15, 0.2) is 0 Å². The summed E-state index contributed by atoms with van der Waals surface area (Å²) in [4.78, 5) is 47.1. The van der Waals surface area contributed by atoms with Gasteiger partial charge in [0.1, 0.15) is 12.4 Å². The molecule has 13 nitrogen and oxygen atoms in total. The minimum Gasteiger partial charge on any atom is -0.492 e. The molecule has 0 atom stereocenters. The number of H-pyrrole nitrogens is 2. The SMILES string of the molecule is NC(=O)c1cccc2[nH]c(-c3ccc(N4CCCNCC4)cc3)cc12.NC(=O)c1cccc2[nH]c(-c3ccc(OCCN4CCN(NC(=O)c5ccccc5)CC4)cc3)cc12. The van der Waals surface area contributed by atoms with Crippen LogP contribution in [0, 0.1) is 0 Å². The zero-order chi connectivity index (χ0) is 42.1. The molecule has 0 radical (unpaired) electrons. The highest BCUT2D eigenvalue weighted by atomic mass is 16.5. The third-order valence-electron chi connectivity index (χ3n) is 11.3. The van der Waals surface area contributed by atoms with Crippen LogP contribution < -0.4 is 31.8 Å². The summed E-state index contributed by atoms with van der Waals surface area (Å²) in [7, 11) is 0. The number of ether oxygens (including phenoxy) is 1. The van der Waals surface area contributed by atoms with Crippen molar-refractivity contribution in [2.75, 3.05) is 70.4 Å². The second-order valence-corrected chi connectivity index (χ2v) is 15.3. The average Bonchev–Trinajstić information content (AvgIpc) is 3.84. The number of aromatic amines is 2. The molecule has 0 aliphatic carbocycles. The molecule has 0 unspecified atom stereocenters. The summed E-state index contributed by atoms with van der Waals surface area (Å²) in [6.07, 6.45) is 1.17. The highest BCUT2D eigenvalue weighted by Crippen LogP contribution is 2.30. The number of aromatic nitrogens is 2. The number of nitrogens with two attached hydrogens (primary N) is 2. The Morgan fingerprint density at radius 1 is 0.623 bits per heavy atom. The molecule has 0 spiro atoms. The van der Waals surface area contributed by atoms with E-state index in [0.717, 1.165) is 109 Å².